The summed E-state index contributed by atoms with van der Waals surface area (Å²) in [4.78, 5) is 9.73. The van der Waals surface area contributed by atoms with Crippen molar-refractivity contribution in [3.8, 4) is 22.8 Å². The van der Waals surface area contributed by atoms with Gasteiger partial charge in [-0.1, -0.05) is 25.1 Å². The van der Waals surface area contributed by atoms with Crippen molar-refractivity contribution in [3.63, 3.8) is 0 Å². The summed E-state index contributed by atoms with van der Waals surface area (Å²) in [6, 6.07) is 15.8. The molecule has 224 valence electrons. The number of rotatable bonds is 6. The number of pyridine rings is 1. The Hall–Kier alpha value is -3.49. The molecule has 0 saturated carbocycles. The van der Waals surface area contributed by atoms with E-state index >= 15 is 0 Å². The first-order valence-corrected chi connectivity index (χ1v) is 15.8. The van der Waals surface area contributed by atoms with Crippen LogP contribution < -0.4 is 15.0 Å². The van der Waals surface area contributed by atoms with Crippen LogP contribution in [0.4, 0.5) is 14.5 Å². The molecule has 4 aliphatic heterocycles. The van der Waals surface area contributed by atoms with E-state index in [1.807, 2.05) is 13.0 Å². The number of fused-ring (bicyclic) bond motifs is 5. The Labute approximate surface area is 250 Å². The molecule has 2 N–H and O–H groups in total. The number of halogens is 2. The van der Waals surface area contributed by atoms with Gasteiger partial charge in [-0.25, -0.2) is 13.8 Å². The molecule has 8 heteroatoms. The minimum absolute atomic E-state index is 0.140. The van der Waals surface area contributed by atoms with Gasteiger partial charge in [0.05, 0.1) is 16.7 Å². The number of hydrogen-bond acceptors (Lipinski definition) is 6. The number of phenols is 1. The van der Waals surface area contributed by atoms with E-state index in [0.717, 1.165) is 71.0 Å². The monoisotopic (exact) mass is 584 g/mol. The number of nitrogens with zero attached hydrogens (tertiary/aromatic N) is 3. The molecule has 1 aromatic heterocycles. The van der Waals surface area contributed by atoms with Gasteiger partial charge in [0.25, 0.3) is 0 Å². The van der Waals surface area contributed by atoms with Crippen LogP contribution in [0.5, 0.6) is 11.6 Å². The molecule has 0 aliphatic carbocycles. The maximum absolute atomic E-state index is 14.9. The highest BCUT2D eigenvalue weighted by Gasteiger charge is 2.49. The first-order valence-electron chi connectivity index (χ1n) is 15.8. The number of aromatic nitrogens is 1. The van der Waals surface area contributed by atoms with Gasteiger partial charge in [0.15, 0.2) is 0 Å². The van der Waals surface area contributed by atoms with Gasteiger partial charge in [-0.3, -0.25) is 4.90 Å². The number of anilines is 1. The fraction of sp³-hybridized carbons (Fsp3) is 0.457. The predicted molar refractivity (Wildman–Crippen MR) is 166 cm³/mol. The third-order valence-corrected chi connectivity index (χ3v) is 10.4. The highest BCUT2D eigenvalue weighted by molar-refractivity contribution is 6.03. The highest BCUT2D eigenvalue weighted by atomic mass is 19.1. The Balaban J connectivity index is 1.24. The Morgan fingerprint density at radius 2 is 1.91 bits per heavy atom. The number of hydrogen-bond donors (Lipinski definition) is 2. The summed E-state index contributed by atoms with van der Waals surface area (Å²) in [5.41, 5.74) is 3.91. The summed E-state index contributed by atoms with van der Waals surface area (Å²) in [5, 5.41) is 17.0. The molecule has 43 heavy (non-hydrogen) atoms. The van der Waals surface area contributed by atoms with Crippen molar-refractivity contribution in [1.29, 1.82) is 0 Å². The zero-order valence-electron chi connectivity index (χ0n) is 24.6. The molecule has 4 atom stereocenters. The summed E-state index contributed by atoms with van der Waals surface area (Å²) in [6.07, 6.45) is 4.62. The molecule has 0 amide bonds. The quantitative estimate of drug-likeness (QED) is 0.275. The average Bonchev–Trinajstić information content (AvgIpc) is 3.65. The molecule has 3 aromatic carbocycles. The SMILES string of the molecule is CCc1c(F)ccc2cc(O)cc(-c3ccc4c(N5C[C@H]6CC[C@@H](C5)N6)cc(OC[C@@]56CCCN5C[C@H](F)C6)nc4c3)c12. The second-order valence-electron chi connectivity index (χ2n) is 13.1. The van der Waals surface area contributed by atoms with Crippen LogP contribution in [0.2, 0.25) is 0 Å². The van der Waals surface area contributed by atoms with Crippen molar-refractivity contribution in [2.24, 2.45) is 0 Å². The van der Waals surface area contributed by atoms with Crippen LogP contribution in [0.3, 0.4) is 0 Å². The number of aromatic hydroxyl groups is 1. The first kappa shape index (κ1) is 27.1. The lowest BCUT2D eigenvalue weighted by molar-refractivity contribution is 0.111. The minimum Gasteiger partial charge on any atom is -0.508 e. The minimum atomic E-state index is -0.808. The molecule has 4 aromatic rings. The molecule has 0 spiro atoms. The van der Waals surface area contributed by atoms with Gasteiger partial charge in [0.1, 0.15) is 24.3 Å². The van der Waals surface area contributed by atoms with Crippen molar-refractivity contribution in [3.05, 3.63) is 59.9 Å². The Bertz CT molecular complexity index is 1720. The van der Waals surface area contributed by atoms with E-state index in [-0.39, 0.29) is 17.1 Å². The van der Waals surface area contributed by atoms with Crippen molar-refractivity contribution in [2.75, 3.05) is 37.7 Å². The fourth-order valence-electron chi connectivity index (χ4n) is 8.41. The third kappa shape index (κ3) is 4.61. The van der Waals surface area contributed by atoms with Crippen molar-refractivity contribution >= 4 is 27.4 Å². The Kier molecular flexibility index (Phi) is 6.49. The van der Waals surface area contributed by atoms with Crippen molar-refractivity contribution < 1.29 is 18.6 Å². The zero-order chi connectivity index (χ0) is 29.3. The molecule has 2 bridgehead atoms. The Morgan fingerprint density at radius 3 is 2.72 bits per heavy atom. The van der Waals surface area contributed by atoms with Gasteiger partial charge in [-0.2, -0.15) is 0 Å². The van der Waals surface area contributed by atoms with E-state index in [9.17, 15) is 13.9 Å². The Morgan fingerprint density at radius 1 is 1.07 bits per heavy atom. The lowest BCUT2D eigenvalue weighted by atomic mass is 9.92. The van der Waals surface area contributed by atoms with Gasteiger partial charge < -0.3 is 20.1 Å². The molecule has 4 aliphatic rings. The van der Waals surface area contributed by atoms with Gasteiger partial charge >= 0.3 is 0 Å². The summed E-state index contributed by atoms with van der Waals surface area (Å²) in [6.45, 7) is 5.64. The van der Waals surface area contributed by atoms with Crippen molar-refractivity contribution in [1.82, 2.24) is 15.2 Å². The first-order chi connectivity index (χ1) is 20.9. The predicted octanol–water partition coefficient (Wildman–Crippen LogP) is 6.36. The summed E-state index contributed by atoms with van der Waals surface area (Å²) in [5.74, 6) is 0.450. The molecule has 4 fully saturated rings. The smallest absolute Gasteiger partial charge is 0.215 e. The maximum Gasteiger partial charge on any atom is 0.215 e. The number of phenolic OH excluding ortho intramolecular Hbond substituents is 1. The van der Waals surface area contributed by atoms with Gasteiger partial charge in [0.2, 0.25) is 5.88 Å². The number of piperazine rings is 1. The second-order valence-corrected chi connectivity index (χ2v) is 13.1. The van der Waals surface area contributed by atoms with E-state index in [1.54, 1.807) is 18.2 Å². The van der Waals surface area contributed by atoms with Gasteiger partial charge in [-0.15, -0.1) is 0 Å². The molecular weight excluding hydrogens is 546 g/mol. The summed E-state index contributed by atoms with van der Waals surface area (Å²) < 4.78 is 35.9. The molecular formula is C35H38F2N4O2. The molecule has 5 heterocycles. The lowest BCUT2D eigenvalue weighted by Gasteiger charge is -2.35. The fourth-order valence-corrected chi connectivity index (χ4v) is 8.41. The number of alkyl halides is 1. The van der Waals surface area contributed by atoms with E-state index in [2.05, 4.69) is 33.3 Å². The van der Waals surface area contributed by atoms with Crippen LogP contribution in [-0.4, -0.2) is 71.6 Å². The molecule has 0 radical (unpaired) electrons. The summed E-state index contributed by atoms with van der Waals surface area (Å²) >= 11 is 0. The largest absolute Gasteiger partial charge is 0.508 e. The van der Waals surface area contributed by atoms with E-state index in [4.69, 9.17) is 9.72 Å². The van der Waals surface area contributed by atoms with Gasteiger partial charge in [-0.05, 0) is 90.4 Å². The standard InChI is InChI=1S/C35H38F2N4O2/c1-2-27-30(37)9-5-22-12-26(42)14-29(34(22)27)21-4-8-28-31(13-21)39-33(15-32(28)40-18-24-6-7-25(19-40)38-24)43-20-35-10-3-11-41(35)17-23(36)16-35/h4-5,8-9,12-15,23-25,38,42H,2-3,6-7,10-11,16-20H2,1H3/t23-,24-,25+,35+/m1/s1. The van der Waals surface area contributed by atoms with Gasteiger partial charge in [0, 0.05) is 49.6 Å². The van der Waals surface area contributed by atoms with Crippen LogP contribution in [-0.2, 0) is 6.42 Å². The molecule has 4 saturated heterocycles. The average molecular weight is 585 g/mol. The lowest BCUT2D eigenvalue weighted by Crippen LogP contribution is -2.51. The van der Waals surface area contributed by atoms with E-state index < -0.39 is 6.17 Å². The van der Waals surface area contributed by atoms with Crippen LogP contribution in [0.15, 0.2) is 48.5 Å². The molecule has 0 unspecified atom stereocenters. The topological polar surface area (TPSA) is 60.9 Å². The van der Waals surface area contributed by atoms with Crippen LogP contribution >= 0.6 is 0 Å². The van der Waals surface area contributed by atoms with Crippen LogP contribution in [0, 0.1) is 5.82 Å². The highest BCUT2D eigenvalue weighted by Crippen LogP contribution is 2.42. The van der Waals surface area contributed by atoms with E-state index in [1.165, 1.54) is 18.9 Å². The molecule has 8 rings (SSSR count). The second kappa shape index (κ2) is 10.3. The number of nitrogens with one attached hydrogen (secondary N) is 1. The van der Waals surface area contributed by atoms with Crippen LogP contribution in [0.1, 0.15) is 44.6 Å². The third-order valence-electron chi connectivity index (χ3n) is 10.4. The normalized spacial score (nSPS) is 27.0. The molecule has 6 nitrogen and oxygen atoms in total. The maximum atomic E-state index is 14.9. The van der Waals surface area contributed by atoms with Crippen LogP contribution in [0.25, 0.3) is 32.8 Å². The number of ether oxygens (including phenoxy) is 1. The number of benzene rings is 3. The van der Waals surface area contributed by atoms with E-state index in [0.29, 0.717) is 49.5 Å². The zero-order valence-corrected chi connectivity index (χ0v) is 24.6. The summed E-state index contributed by atoms with van der Waals surface area (Å²) in [7, 11) is 0. The number of aryl methyl sites for hydroxylation is 1. The van der Waals surface area contributed by atoms with Crippen molar-refractivity contribution in [2.45, 2.75) is 69.2 Å².